The molecule has 1 saturated carbocycles. The van der Waals surface area contributed by atoms with Gasteiger partial charge in [-0.1, -0.05) is 13.8 Å². The van der Waals surface area contributed by atoms with Crippen molar-refractivity contribution in [3.8, 4) is 0 Å². The normalized spacial score (nSPS) is 38.6. The molecule has 0 bridgehead atoms. The average molecular weight is 255 g/mol. The predicted octanol–water partition coefficient (Wildman–Crippen LogP) is 1.86. The van der Waals surface area contributed by atoms with E-state index in [2.05, 4.69) is 0 Å². The molecule has 1 aliphatic heterocycles. The van der Waals surface area contributed by atoms with E-state index in [1.165, 1.54) is 0 Å². The number of rotatable bonds is 1. The quantitative estimate of drug-likeness (QED) is 0.726. The molecule has 2 fully saturated rings. The average Bonchev–Trinajstić information content (AvgIpc) is 2.25. The van der Waals surface area contributed by atoms with Crippen molar-refractivity contribution in [1.29, 1.82) is 0 Å². The highest BCUT2D eigenvalue weighted by Gasteiger charge is 2.71. The molecule has 1 aliphatic carbocycles. The Bertz CT molecular complexity index is 359. The SMILES string of the molecule is CC(C)(C)OC(=O)C1(N)C2CCCOC2C1(C)C. The summed E-state index contributed by atoms with van der Waals surface area (Å²) in [5, 5.41) is 0. The first-order valence-corrected chi connectivity index (χ1v) is 6.74. The van der Waals surface area contributed by atoms with Crippen LogP contribution in [0.25, 0.3) is 0 Å². The van der Waals surface area contributed by atoms with E-state index < -0.39 is 11.1 Å². The minimum Gasteiger partial charge on any atom is -0.459 e. The zero-order chi connectivity index (χ0) is 13.8. The summed E-state index contributed by atoms with van der Waals surface area (Å²) in [5.74, 6) is -0.192. The van der Waals surface area contributed by atoms with E-state index in [4.69, 9.17) is 15.2 Å². The number of esters is 1. The van der Waals surface area contributed by atoms with Gasteiger partial charge in [0, 0.05) is 17.9 Å². The van der Waals surface area contributed by atoms with Gasteiger partial charge >= 0.3 is 5.97 Å². The molecule has 2 rings (SSSR count). The summed E-state index contributed by atoms with van der Waals surface area (Å²) in [6.07, 6.45) is 2.01. The molecule has 18 heavy (non-hydrogen) atoms. The molecule has 2 N–H and O–H groups in total. The maximum absolute atomic E-state index is 12.4. The molecule has 0 amide bonds. The van der Waals surface area contributed by atoms with Crippen molar-refractivity contribution < 1.29 is 14.3 Å². The van der Waals surface area contributed by atoms with Crippen LogP contribution in [-0.2, 0) is 14.3 Å². The first-order chi connectivity index (χ1) is 8.11. The van der Waals surface area contributed by atoms with Crippen molar-refractivity contribution in [3.05, 3.63) is 0 Å². The fraction of sp³-hybridized carbons (Fsp3) is 0.929. The highest BCUT2D eigenvalue weighted by molar-refractivity contribution is 5.85. The van der Waals surface area contributed by atoms with E-state index in [0.717, 1.165) is 19.4 Å². The fourth-order valence-corrected chi connectivity index (χ4v) is 3.35. The summed E-state index contributed by atoms with van der Waals surface area (Å²) >= 11 is 0. The third kappa shape index (κ3) is 1.77. The van der Waals surface area contributed by atoms with Crippen molar-refractivity contribution in [2.24, 2.45) is 17.1 Å². The van der Waals surface area contributed by atoms with Gasteiger partial charge in [0.1, 0.15) is 11.1 Å². The van der Waals surface area contributed by atoms with Crippen LogP contribution in [0.1, 0.15) is 47.5 Å². The standard InChI is InChI=1S/C14H25NO3/c1-12(2,3)18-11(16)14(15)9-7-6-8-17-10(9)13(14,4)5/h9-10H,6-8,15H2,1-5H3. The highest BCUT2D eigenvalue weighted by Crippen LogP contribution is 2.57. The van der Waals surface area contributed by atoms with Crippen LogP contribution in [0, 0.1) is 11.3 Å². The van der Waals surface area contributed by atoms with Gasteiger partial charge in [0.2, 0.25) is 0 Å². The maximum atomic E-state index is 12.4. The summed E-state index contributed by atoms with van der Waals surface area (Å²) in [4.78, 5) is 12.4. The van der Waals surface area contributed by atoms with Gasteiger partial charge in [-0.3, -0.25) is 0 Å². The molecule has 4 nitrogen and oxygen atoms in total. The van der Waals surface area contributed by atoms with Crippen LogP contribution >= 0.6 is 0 Å². The Morgan fingerprint density at radius 3 is 2.56 bits per heavy atom. The molecule has 0 aromatic heterocycles. The number of fused-ring (bicyclic) bond motifs is 1. The number of carbonyl (C=O) groups excluding carboxylic acids is 1. The number of hydrogen-bond acceptors (Lipinski definition) is 4. The van der Waals surface area contributed by atoms with Crippen LogP contribution < -0.4 is 5.73 Å². The lowest BCUT2D eigenvalue weighted by molar-refractivity contribution is -0.241. The number of hydrogen-bond donors (Lipinski definition) is 1. The van der Waals surface area contributed by atoms with E-state index in [1.807, 2.05) is 34.6 Å². The summed E-state index contributed by atoms with van der Waals surface area (Å²) in [6.45, 7) is 10.4. The monoisotopic (exact) mass is 255 g/mol. The molecule has 1 heterocycles. The zero-order valence-corrected chi connectivity index (χ0v) is 12.1. The van der Waals surface area contributed by atoms with Gasteiger partial charge < -0.3 is 15.2 Å². The summed E-state index contributed by atoms with van der Waals surface area (Å²) < 4.78 is 11.3. The molecule has 0 radical (unpaired) electrons. The number of ether oxygens (including phenoxy) is 2. The van der Waals surface area contributed by atoms with Gasteiger partial charge in [-0.15, -0.1) is 0 Å². The lowest BCUT2D eigenvalue weighted by Gasteiger charge is -2.64. The summed E-state index contributed by atoms with van der Waals surface area (Å²) in [6, 6.07) is 0. The molecule has 0 spiro atoms. The molecule has 0 aromatic carbocycles. The Morgan fingerprint density at radius 1 is 1.39 bits per heavy atom. The van der Waals surface area contributed by atoms with Gasteiger partial charge in [-0.25, -0.2) is 4.79 Å². The largest absolute Gasteiger partial charge is 0.459 e. The smallest absolute Gasteiger partial charge is 0.327 e. The van der Waals surface area contributed by atoms with Crippen molar-refractivity contribution >= 4 is 5.97 Å². The molecule has 4 heteroatoms. The number of nitrogens with two attached hydrogens (primary N) is 1. The topological polar surface area (TPSA) is 61.5 Å². The molecular formula is C14H25NO3. The fourth-order valence-electron chi connectivity index (χ4n) is 3.35. The molecule has 1 saturated heterocycles. The van der Waals surface area contributed by atoms with Crippen LogP contribution in [0.15, 0.2) is 0 Å². The minimum absolute atomic E-state index is 0.0868. The van der Waals surface area contributed by atoms with Gasteiger partial charge in [-0.2, -0.15) is 0 Å². The lowest BCUT2D eigenvalue weighted by Crippen LogP contribution is -2.81. The maximum Gasteiger partial charge on any atom is 0.327 e. The Kier molecular flexibility index (Phi) is 3.02. The van der Waals surface area contributed by atoms with Crippen molar-refractivity contribution in [1.82, 2.24) is 0 Å². The first kappa shape index (κ1) is 13.8. The van der Waals surface area contributed by atoms with Gasteiger partial charge in [0.15, 0.2) is 0 Å². The molecule has 3 atom stereocenters. The number of carbonyl (C=O) groups is 1. The highest BCUT2D eigenvalue weighted by atomic mass is 16.6. The van der Waals surface area contributed by atoms with E-state index in [9.17, 15) is 4.79 Å². The van der Waals surface area contributed by atoms with E-state index >= 15 is 0 Å². The van der Waals surface area contributed by atoms with Crippen molar-refractivity contribution in [3.63, 3.8) is 0 Å². The zero-order valence-electron chi connectivity index (χ0n) is 12.1. The predicted molar refractivity (Wildman–Crippen MR) is 69.0 cm³/mol. The Labute approximate surface area is 109 Å². The second-order valence-corrected chi connectivity index (χ2v) is 7.13. The van der Waals surface area contributed by atoms with Crippen LogP contribution in [0.4, 0.5) is 0 Å². The van der Waals surface area contributed by atoms with Crippen LogP contribution in [0.2, 0.25) is 0 Å². The Morgan fingerprint density at radius 2 is 2.00 bits per heavy atom. The molecule has 104 valence electrons. The third-order valence-electron chi connectivity index (χ3n) is 4.42. The van der Waals surface area contributed by atoms with E-state index in [1.54, 1.807) is 0 Å². The second kappa shape index (κ2) is 3.94. The van der Waals surface area contributed by atoms with E-state index in [0.29, 0.717) is 0 Å². The third-order valence-corrected chi connectivity index (χ3v) is 4.42. The summed E-state index contributed by atoms with van der Waals surface area (Å²) in [7, 11) is 0. The van der Waals surface area contributed by atoms with Gasteiger partial charge in [-0.05, 0) is 33.6 Å². The van der Waals surface area contributed by atoms with E-state index in [-0.39, 0.29) is 23.4 Å². The summed E-state index contributed by atoms with van der Waals surface area (Å²) in [5.41, 5.74) is 4.66. The molecule has 3 unspecified atom stereocenters. The Balaban J connectivity index is 2.21. The molecule has 2 aliphatic rings. The van der Waals surface area contributed by atoms with Crippen LogP contribution in [0.3, 0.4) is 0 Å². The van der Waals surface area contributed by atoms with Crippen LogP contribution in [-0.4, -0.2) is 29.8 Å². The Hall–Kier alpha value is -0.610. The molecule has 0 aromatic rings. The molecular weight excluding hydrogens is 230 g/mol. The van der Waals surface area contributed by atoms with Gasteiger partial charge in [0.05, 0.1) is 6.10 Å². The van der Waals surface area contributed by atoms with Crippen LogP contribution in [0.5, 0.6) is 0 Å². The van der Waals surface area contributed by atoms with Crippen molar-refractivity contribution in [2.75, 3.05) is 6.61 Å². The first-order valence-electron chi connectivity index (χ1n) is 6.74. The second-order valence-electron chi connectivity index (χ2n) is 7.13. The lowest BCUT2D eigenvalue weighted by atomic mass is 9.46. The van der Waals surface area contributed by atoms with Gasteiger partial charge in [0.25, 0.3) is 0 Å². The minimum atomic E-state index is -0.911. The van der Waals surface area contributed by atoms with Crippen molar-refractivity contribution in [2.45, 2.75) is 64.7 Å².